The summed E-state index contributed by atoms with van der Waals surface area (Å²) < 4.78 is 0. The van der Waals surface area contributed by atoms with E-state index in [-0.39, 0.29) is 24.4 Å². The first-order valence-electron chi connectivity index (χ1n) is 4.94. The maximum absolute atomic E-state index is 11.5. The van der Waals surface area contributed by atoms with Gasteiger partial charge in [-0.1, -0.05) is 17.7 Å². The first kappa shape index (κ1) is 11.0. The van der Waals surface area contributed by atoms with Crippen LogP contribution in [-0.2, 0) is 9.59 Å². The van der Waals surface area contributed by atoms with Gasteiger partial charge in [0.25, 0.3) is 0 Å². The Labute approximate surface area is 98.2 Å². The van der Waals surface area contributed by atoms with E-state index in [1.165, 1.54) is 0 Å². The van der Waals surface area contributed by atoms with Crippen molar-refractivity contribution >= 4 is 29.1 Å². The van der Waals surface area contributed by atoms with E-state index in [0.717, 1.165) is 5.69 Å². The molecule has 0 spiro atoms. The van der Waals surface area contributed by atoms with E-state index >= 15 is 0 Å². The molecule has 5 heteroatoms. The maximum atomic E-state index is 11.5. The third-order valence-electron chi connectivity index (χ3n) is 2.56. The number of anilines is 1. The molecule has 0 aromatic heterocycles. The number of halogens is 1. The summed E-state index contributed by atoms with van der Waals surface area (Å²) in [4.78, 5) is 24.5. The molecule has 16 heavy (non-hydrogen) atoms. The third-order valence-corrected chi connectivity index (χ3v) is 2.80. The Morgan fingerprint density at radius 1 is 1.44 bits per heavy atom. The zero-order chi connectivity index (χ0) is 11.7. The van der Waals surface area contributed by atoms with Crippen molar-refractivity contribution in [2.45, 2.75) is 13.0 Å². The highest BCUT2D eigenvalue weighted by molar-refractivity contribution is 6.30. The Hall–Kier alpha value is -1.55. The van der Waals surface area contributed by atoms with Crippen LogP contribution in [0.1, 0.15) is 6.92 Å². The van der Waals surface area contributed by atoms with Gasteiger partial charge in [0.1, 0.15) is 6.04 Å². The number of benzene rings is 1. The summed E-state index contributed by atoms with van der Waals surface area (Å²) in [5.41, 5.74) is 0.781. The Bertz CT molecular complexity index is 447. The molecule has 2 rings (SSSR count). The molecule has 1 aliphatic heterocycles. The summed E-state index contributed by atoms with van der Waals surface area (Å²) in [6.07, 6.45) is 0. The van der Waals surface area contributed by atoms with Crippen molar-refractivity contribution in [2.75, 3.05) is 11.4 Å². The van der Waals surface area contributed by atoms with Crippen LogP contribution in [0.4, 0.5) is 5.69 Å². The lowest BCUT2D eigenvalue weighted by Crippen LogP contribution is -2.57. The fourth-order valence-electron chi connectivity index (χ4n) is 1.68. The highest BCUT2D eigenvalue weighted by atomic mass is 35.5. The normalized spacial score (nSPS) is 20.9. The van der Waals surface area contributed by atoms with E-state index in [2.05, 4.69) is 5.32 Å². The summed E-state index contributed by atoms with van der Waals surface area (Å²) in [5.74, 6) is -0.570. The predicted octanol–water partition coefficient (Wildman–Crippen LogP) is 1.19. The van der Waals surface area contributed by atoms with Gasteiger partial charge in [-0.25, -0.2) is 0 Å². The van der Waals surface area contributed by atoms with Crippen LogP contribution in [-0.4, -0.2) is 24.4 Å². The molecule has 84 valence electrons. The number of carbonyl (C=O) groups is 2. The molecule has 4 nitrogen and oxygen atoms in total. The van der Waals surface area contributed by atoms with Crippen LogP contribution in [0.2, 0.25) is 5.02 Å². The summed E-state index contributed by atoms with van der Waals surface area (Å²) in [5, 5.41) is 2.88. The average molecular weight is 239 g/mol. The quantitative estimate of drug-likeness (QED) is 0.748. The number of nitrogens with zero attached hydrogens (tertiary/aromatic N) is 1. The molecule has 1 aliphatic rings. The van der Waals surface area contributed by atoms with Crippen LogP contribution < -0.4 is 10.2 Å². The lowest BCUT2D eigenvalue weighted by molar-refractivity contribution is -0.132. The molecule has 1 aromatic rings. The van der Waals surface area contributed by atoms with Crippen molar-refractivity contribution in [3.8, 4) is 0 Å². The second kappa shape index (κ2) is 4.14. The molecule has 0 saturated carbocycles. The van der Waals surface area contributed by atoms with Crippen molar-refractivity contribution in [3.63, 3.8) is 0 Å². The Morgan fingerprint density at radius 3 is 2.88 bits per heavy atom. The van der Waals surface area contributed by atoms with Crippen molar-refractivity contribution in [1.29, 1.82) is 0 Å². The lowest BCUT2D eigenvalue weighted by atomic mass is 10.1. The zero-order valence-electron chi connectivity index (χ0n) is 8.74. The van der Waals surface area contributed by atoms with E-state index < -0.39 is 0 Å². The van der Waals surface area contributed by atoms with Crippen LogP contribution in [0.5, 0.6) is 0 Å². The Kier molecular flexibility index (Phi) is 2.83. The van der Waals surface area contributed by atoms with Gasteiger partial charge >= 0.3 is 0 Å². The van der Waals surface area contributed by atoms with Gasteiger partial charge in [0.05, 0.1) is 6.54 Å². The maximum Gasteiger partial charge on any atom is 0.249 e. The highest BCUT2D eigenvalue weighted by Crippen LogP contribution is 2.22. The Balaban J connectivity index is 2.32. The van der Waals surface area contributed by atoms with Gasteiger partial charge in [-0.2, -0.15) is 0 Å². The number of carbonyl (C=O) groups excluding carboxylic acids is 2. The zero-order valence-corrected chi connectivity index (χ0v) is 9.49. The number of nitrogens with one attached hydrogen (secondary N) is 1. The highest BCUT2D eigenvalue weighted by Gasteiger charge is 2.30. The second-order valence-electron chi connectivity index (χ2n) is 3.70. The molecular weight excluding hydrogens is 228 g/mol. The summed E-state index contributed by atoms with van der Waals surface area (Å²) in [7, 11) is 0. The minimum absolute atomic E-state index is 0.174. The van der Waals surface area contributed by atoms with Crippen molar-refractivity contribution in [2.24, 2.45) is 0 Å². The van der Waals surface area contributed by atoms with E-state index in [0.29, 0.717) is 5.02 Å². The molecular formula is C11H11ClN2O2. The number of amides is 2. The fraction of sp³-hybridized carbons (Fsp3) is 0.273. The fourth-order valence-corrected chi connectivity index (χ4v) is 1.87. The monoisotopic (exact) mass is 238 g/mol. The van der Waals surface area contributed by atoms with Crippen molar-refractivity contribution < 1.29 is 9.59 Å². The van der Waals surface area contributed by atoms with Gasteiger partial charge < -0.3 is 4.90 Å². The number of rotatable bonds is 1. The van der Waals surface area contributed by atoms with Gasteiger partial charge in [0.2, 0.25) is 11.8 Å². The molecule has 1 aromatic carbocycles. The first-order chi connectivity index (χ1) is 7.58. The summed E-state index contributed by atoms with van der Waals surface area (Å²) in [6.45, 7) is 1.93. The van der Waals surface area contributed by atoms with Gasteiger partial charge in [-0.3, -0.25) is 14.9 Å². The van der Waals surface area contributed by atoms with Gasteiger partial charge in [0, 0.05) is 10.7 Å². The van der Waals surface area contributed by atoms with Crippen LogP contribution in [0.25, 0.3) is 0 Å². The van der Waals surface area contributed by atoms with Crippen LogP contribution >= 0.6 is 11.6 Å². The number of piperazine rings is 1. The first-order valence-corrected chi connectivity index (χ1v) is 5.31. The molecule has 0 aliphatic carbocycles. The Morgan fingerprint density at radius 2 is 2.19 bits per heavy atom. The molecule has 1 atom stereocenters. The minimum Gasteiger partial charge on any atom is -0.350 e. The van der Waals surface area contributed by atoms with Gasteiger partial charge in [-0.05, 0) is 25.1 Å². The molecule has 0 radical (unpaired) electrons. The topological polar surface area (TPSA) is 49.4 Å². The molecule has 0 bridgehead atoms. The van der Waals surface area contributed by atoms with Gasteiger partial charge in [-0.15, -0.1) is 0 Å². The van der Waals surface area contributed by atoms with E-state index in [1.807, 2.05) is 6.07 Å². The molecule has 1 fully saturated rings. The number of imide groups is 1. The van der Waals surface area contributed by atoms with Gasteiger partial charge in [0.15, 0.2) is 0 Å². The van der Waals surface area contributed by atoms with Crippen LogP contribution in [0.3, 0.4) is 0 Å². The van der Waals surface area contributed by atoms with Crippen LogP contribution in [0, 0.1) is 0 Å². The molecule has 1 saturated heterocycles. The average Bonchev–Trinajstić information content (AvgIpc) is 2.23. The molecule has 1 N–H and O–H groups in total. The predicted molar refractivity (Wildman–Crippen MR) is 61.4 cm³/mol. The summed E-state index contributed by atoms with van der Waals surface area (Å²) >= 11 is 5.87. The minimum atomic E-state index is -0.365. The smallest absolute Gasteiger partial charge is 0.249 e. The van der Waals surface area contributed by atoms with E-state index in [9.17, 15) is 9.59 Å². The third kappa shape index (κ3) is 2.02. The van der Waals surface area contributed by atoms with Crippen molar-refractivity contribution in [3.05, 3.63) is 29.3 Å². The molecule has 1 unspecified atom stereocenters. The van der Waals surface area contributed by atoms with E-state index in [1.54, 1.807) is 30.0 Å². The number of hydrogen-bond acceptors (Lipinski definition) is 3. The molecule has 1 heterocycles. The second-order valence-corrected chi connectivity index (χ2v) is 4.13. The molecule has 2 amide bonds. The standard InChI is InChI=1S/C11H11ClN2O2/c1-7-11(16)13-10(15)6-14(7)9-4-2-3-8(12)5-9/h2-5,7H,6H2,1H3,(H,13,15,16). The SMILES string of the molecule is CC1C(=O)NC(=O)CN1c1cccc(Cl)c1. The largest absolute Gasteiger partial charge is 0.350 e. The van der Waals surface area contributed by atoms with E-state index in [4.69, 9.17) is 11.6 Å². The summed E-state index contributed by atoms with van der Waals surface area (Å²) in [6, 6.07) is 6.75. The van der Waals surface area contributed by atoms with Crippen molar-refractivity contribution in [1.82, 2.24) is 5.32 Å². The van der Waals surface area contributed by atoms with Crippen LogP contribution in [0.15, 0.2) is 24.3 Å². The number of hydrogen-bond donors (Lipinski definition) is 1. The lowest BCUT2D eigenvalue weighted by Gasteiger charge is -2.33.